The van der Waals surface area contributed by atoms with Crippen molar-refractivity contribution in [3.05, 3.63) is 47.7 Å². The lowest BCUT2D eigenvalue weighted by Gasteiger charge is -2.00. The van der Waals surface area contributed by atoms with Crippen molar-refractivity contribution in [3.8, 4) is 11.5 Å². The third-order valence-electron chi connectivity index (χ3n) is 2.28. The lowest BCUT2D eigenvalue weighted by molar-refractivity contribution is 0.473. The van der Waals surface area contributed by atoms with E-state index in [0.29, 0.717) is 5.56 Å². The summed E-state index contributed by atoms with van der Waals surface area (Å²) in [5, 5.41) is 19.1. The molecule has 0 spiro atoms. The van der Waals surface area contributed by atoms with Crippen molar-refractivity contribution in [1.82, 2.24) is 4.98 Å². The fourth-order valence-electron chi connectivity index (χ4n) is 1.40. The highest BCUT2D eigenvalue weighted by molar-refractivity contribution is 5.85. The molecule has 1 heterocycles. The van der Waals surface area contributed by atoms with Crippen molar-refractivity contribution >= 4 is 12.0 Å². The van der Waals surface area contributed by atoms with E-state index in [0.717, 1.165) is 5.56 Å². The number of aryl methyl sites for hydroxylation is 1. The second-order valence-corrected chi connectivity index (χ2v) is 3.67. The Morgan fingerprint density at radius 1 is 1.18 bits per heavy atom. The normalized spacial score (nSPS) is 10.9. The number of aromatic hydroxyl groups is 2. The van der Waals surface area contributed by atoms with Crippen LogP contribution < -0.4 is 0 Å². The fraction of sp³-hybridized carbons (Fsp3) is 0.0769. The standard InChI is InChI=1S/C13H12N2O2/c1-9-4-5-11(16)10(7-9)8-15-13-12(17)3-2-6-14-13/h2-8,16-17H,1H3/b15-8+. The molecule has 2 rings (SSSR count). The van der Waals surface area contributed by atoms with E-state index >= 15 is 0 Å². The zero-order valence-corrected chi connectivity index (χ0v) is 9.33. The van der Waals surface area contributed by atoms with Crippen molar-refractivity contribution in [3.63, 3.8) is 0 Å². The molecule has 0 fully saturated rings. The third kappa shape index (κ3) is 2.60. The highest BCUT2D eigenvalue weighted by Crippen LogP contribution is 2.23. The van der Waals surface area contributed by atoms with Crippen LogP contribution in [-0.4, -0.2) is 21.4 Å². The molecule has 2 N–H and O–H groups in total. The van der Waals surface area contributed by atoms with Gasteiger partial charge in [0.05, 0.1) is 0 Å². The molecular weight excluding hydrogens is 216 g/mol. The molecule has 0 aliphatic heterocycles. The van der Waals surface area contributed by atoms with Crippen LogP contribution in [0, 0.1) is 6.92 Å². The molecule has 0 aliphatic carbocycles. The molecule has 2 aromatic rings. The van der Waals surface area contributed by atoms with Crippen LogP contribution >= 0.6 is 0 Å². The summed E-state index contributed by atoms with van der Waals surface area (Å²) in [6, 6.07) is 8.35. The van der Waals surface area contributed by atoms with E-state index in [2.05, 4.69) is 9.98 Å². The molecule has 4 nitrogen and oxygen atoms in total. The van der Waals surface area contributed by atoms with Gasteiger partial charge in [-0.3, -0.25) is 0 Å². The van der Waals surface area contributed by atoms with Gasteiger partial charge in [0.1, 0.15) is 5.75 Å². The van der Waals surface area contributed by atoms with Crippen LogP contribution in [-0.2, 0) is 0 Å². The molecule has 0 atom stereocenters. The maximum atomic E-state index is 9.61. The van der Waals surface area contributed by atoms with Crippen LogP contribution in [0.5, 0.6) is 11.5 Å². The van der Waals surface area contributed by atoms with E-state index in [1.165, 1.54) is 12.3 Å². The van der Waals surface area contributed by atoms with E-state index in [1.54, 1.807) is 24.4 Å². The summed E-state index contributed by atoms with van der Waals surface area (Å²) < 4.78 is 0. The SMILES string of the molecule is Cc1ccc(O)c(/C=N/c2ncccc2O)c1. The number of pyridine rings is 1. The van der Waals surface area contributed by atoms with E-state index in [4.69, 9.17) is 0 Å². The minimum atomic E-state index is 0.0101. The van der Waals surface area contributed by atoms with Gasteiger partial charge < -0.3 is 10.2 Å². The zero-order valence-electron chi connectivity index (χ0n) is 9.33. The van der Waals surface area contributed by atoms with Gasteiger partial charge in [0.2, 0.25) is 0 Å². The molecule has 0 aliphatic rings. The third-order valence-corrected chi connectivity index (χ3v) is 2.28. The Morgan fingerprint density at radius 3 is 2.76 bits per heavy atom. The largest absolute Gasteiger partial charge is 0.507 e. The van der Waals surface area contributed by atoms with Gasteiger partial charge in [-0.15, -0.1) is 0 Å². The summed E-state index contributed by atoms with van der Waals surface area (Å²) >= 11 is 0. The highest BCUT2D eigenvalue weighted by atomic mass is 16.3. The Bertz CT molecular complexity index is 565. The van der Waals surface area contributed by atoms with Gasteiger partial charge in [-0.2, -0.15) is 0 Å². The van der Waals surface area contributed by atoms with Crippen molar-refractivity contribution in [2.24, 2.45) is 4.99 Å². The second kappa shape index (κ2) is 4.65. The minimum absolute atomic E-state index is 0.0101. The summed E-state index contributed by atoms with van der Waals surface area (Å²) in [6.07, 6.45) is 3.02. The minimum Gasteiger partial charge on any atom is -0.507 e. The first-order chi connectivity index (χ1) is 8.16. The van der Waals surface area contributed by atoms with Gasteiger partial charge in [-0.1, -0.05) is 11.6 Å². The molecule has 0 bridgehead atoms. The predicted molar refractivity (Wildman–Crippen MR) is 66.0 cm³/mol. The van der Waals surface area contributed by atoms with Gasteiger partial charge in [-0.05, 0) is 31.2 Å². The lowest BCUT2D eigenvalue weighted by Crippen LogP contribution is -1.84. The molecule has 86 valence electrons. The van der Waals surface area contributed by atoms with Gasteiger partial charge in [-0.25, -0.2) is 9.98 Å². The zero-order chi connectivity index (χ0) is 12.3. The topological polar surface area (TPSA) is 65.7 Å². The maximum Gasteiger partial charge on any atom is 0.194 e. The van der Waals surface area contributed by atoms with Crippen molar-refractivity contribution in [2.45, 2.75) is 6.92 Å². The van der Waals surface area contributed by atoms with E-state index in [1.807, 2.05) is 13.0 Å². The van der Waals surface area contributed by atoms with Crippen molar-refractivity contribution in [1.29, 1.82) is 0 Å². The number of phenols is 1. The van der Waals surface area contributed by atoms with Crippen LogP contribution in [0.2, 0.25) is 0 Å². The molecule has 0 unspecified atom stereocenters. The Balaban J connectivity index is 2.32. The molecule has 1 aromatic heterocycles. The van der Waals surface area contributed by atoms with E-state index in [9.17, 15) is 10.2 Å². The number of phenolic OH excluding ortho intramolecular Hbond substituents is 1. The Hall–Kier alpha value is -2.36. The number of aromatic nitrogens is 1. The van der Waals surface area contributed by atoms with E-state index in [-0.39, 0.29) is 17.3 Å². The van der Waals surface area contributed by atoms with Crippen LogP contribution in [0.15, 0.2) is 41.5 Å². The van der Waals surface area contributed by atoms with Crippen molar-refractivity contribution in [2.75, 3.05) is 0 Å². The average Bonchev–Trinajstić information content (AvgIpc) is 2.32. The first-order valence-corrected chi connectivity index (χ1v) is 5.14. The predicted octanol–water partition coefficient (Wildman–Crippen LogP) is 2.55. The lowest BCUT2D eigenvalue weighted by atomic mass is 10.1. The Labute approximate surface area is 98.9 Å². The summed E-state index contributed by atoms with van der Waals surface area (Å²) in [7, 11) is 0. The quantitative estimate of drug-likeness (QED) is 0.776. The Kier molecular flexibility index (Phi) is 3.05. The molecule has 0 amide bonds. The molecule has 0 saturated carbocycles. The molecule has 0 saturated heterocycles. The molecular formula is C13H12N2O2. The highest BCUT2D eigenvalue weighted by Gasteiger charge is 2.00. The molecule has 0 radical (unpaired) electrons. The van der Waals surface area contributed by atoms with Crippen LogP contribution in [0.4, 0.5) is 5.82 Å². The maximum absolute atomic E-state index is 9.61. The van der Waals surface area contributed by atoms with Crippen LogP contribution in [0.25, 0.3) is 0 Å². The van der Waals surface area contributed by atoms with Crippen molar-refractivity contribution < 1.29 is 10.2 Å². The van der Waals surface area contributed by atoms with Gasteiger partial charge in [0.25, 0.3) is 0 Å². The van der Waals surface area contributed by atoms with Gasteiger partial charge in [0, 0.05) is 18.0 Å². The summed E-state index contributed by atoms with van der Waals surface area (Å²) in [5.74, 6) is 0.388. The fourth-order valence-corrected chi connectivity index (χ4v) is 1.40. The summed E-state index contributed by atoms with van der Waals surface area (Å²) in [5.41, 5.74) is 1.62. The van der Waals surface area contributed by atoms with Crippen LogP contribution in [0.3, 0.4) is 0 Å². The second-order valence-electron chi connectivity index (χ2n) is 3.67. The van der Waals surface area contributed by atoms with E-state index < -0.39 is 0 Å². The molecule has 17 heavy (non-hydrogen) atoms. The first kappa shape index (κ1) is 11.1. The smallest absolute Gasteiger partial charge is 0.194 e. The number of nitrogens with zero attached hydrogens (tertiary/aromatic N) is 2. The molecule has 1 aromatic carbocycles. The number of benzene rings is 1. The van der Waals surface area contributed by atoms with Crippen LogP contribution in [0.1, 0.15) is 11.1 Å². The number of aliphatic imine (C=N–C) groups is 1. The number of rotatable bonds is 2. The first-order valence-electron chi connectivity index (χ1n) is 5.14. The van der Waals surface area contributed by atoms with Gasteiger partial charge in [0.15, 0.2) is 11.6 Å². The average molecular weight is 228 g/mol. The summed E-state index contributed by atoms with van der Waals surface area (Å²) in [4.78, 5) is 7.95. The molecule has 4 heteroatoms. The van der Waals surface area contributed by atoms with Gasteiger partial charge >= 0.3 is 0 Å². The number of hydrogen-bond donors (Lipinski definition) is 2. The summed E-state index contributed by atoms with van der Waals surface area (Å²) in [6.45, 7) is 1.93. The number of hydrogen-bond acceptors (Lipinski definition) is 4. The Morgan fingerprint density at radius 2 is 2.00 bits per heavy atom. The monoisotopic (exact) mass is 228 g/mol.